The van der Waals surface area contributed by atoms with Crippen LogP contribution in [0.1, 0.15) is 11.1 Å². The molecule has 0 aromatic heterocycles. The standard InChI is InChI=1S/C10H7F3O/c1-7(6-14)8-4-2-3-5-9(8)10(11,12)13/h2-6H,1H2. The van der Waals surface area contributed by atoms with E-state index in [-0.39, 0.29) is 11.1 Å². The molecule has 4 heteroatoms. The van der Waals surface area contributed by atoms with Crippen LogP contribution in [0.15, 0.2) is 30.8 Å². The maximum atomic E-state index is 12.4. The van der Waals surface area contributed by atoms with Gasteiger partial charge in [0, 0.05) is 5.57 Å². The molecule has 0 saturated carbocycles. The summed E-state index contributed by atoms with van der Waals surface area (Å²) in [4.78, 5) is 10.3. The van der Waals surface area contributed by atoms with Gasteiger partial charge in [-0.15, -0.1) is 0 Å². The first-order valence-electron chi connectivity index (χ1n) is 3.77. The quantitative estimate of drug-likeness (QED) is 0.530. The number of benzene rings is 1. The molecule has 1 nitrogen and oxygen atoms in total. The van der Waals surface area contributed by atoms with E-state index >= 15 is 0 Å². The van der Waals surface area contributed by atoms with Crippen molar-refractivity contribution in [3.63, 3.8) is 0 Å². The number of hydrogen-bond acceptors (Lipinski definition) is 1. The number of rotatable bonds is 2. The fraction of sp³-hybridized carbons (Fsp3) is 0.100. The van der Waals surface area contributed by atoms with Crippen LogP contribution in [0.25, 0.3) is 5.57 Å². The van der Waals surface area contributed by atoms with E-state index in [1.54, 1.807) is 0 Å². The molecule has 0 bridgehead atoms. The van der Waals surface area contributed by atoms with E-state index < -0.39 is 11.7 Å². The van der Waals surface area contributed by atoms with E-state index in [1.807, 2.05) is 0 Å². The highest BCUT2D eigenvalue weighted by Gasteiger charge is 2.33. The SMILES string of the molecule is C=C(C=O)c1ccccc1C(F)(F)F. The zero-order valence-corrected chi connectivity index (χ0v) is 7.14. The van der Waals surface area contributed by atoms with Crippen LogP contribution < -0.4 is 0 Å². The van der Waals surface area contributed by atoms with Gasteiger partial charge in [-0.25, -0.2) is 0 Å². The largest absolute Gasteiger partial charge is 0.417 e. The molecule has 1 aromatic carbocycles. The second-order valence-corrected chi connectivity index (χ2v) is 2.69. The molecule has 0 aliphatic heterocycles. The van der Waals surface area contributed by atoms with Gasteiger partial charge in [-0.1, -0.05) is 24.8 Å². The van der Waals surface area contributed by atoms with E-state index in [0.29, 0.717) is 6.29 Å². The van der Waals surface area contributed by atoms with Crippen LogP contribution in [0.2, 0.25) is 0 Å². The number of halogens is 3. The molecule has 1 aromatic rings. The fourth-order valence-corrected chi connectivity index (χ4v) is 1.07. The molecule has 0 N–H and O–H groups in total. The van der Waals surface area contributed by atoms with Crippen molar-refractivity contribution in [2.45, 2.75) is 6.18 Å². The minimum atomic E-state index is -4.46. The topological polar surface area (TPSA) is 17.1 Å². The van der Waals surface area contributed by atoms with Gasteiger partial charge in [-0.05, 0) is 11.6 Å². The molecule has 0 atom stereocenters. The third kappa shape index (κ3) is 2.02. The van der Waals surface area contributed by atoms with Gasteiger partial charge in [0.15, 0.2) is 0 Å². The van der Waals surface area contributed by atoms with E-state index in [2.05, 4.69) is 6.58 Å². The maximum absolute atomic E-state index is 12.4. The van der Waals surface area contributed by atoms with Crippen LogP contribution in [0.4, 0.5) is 13.2 Å². The summed E-state index contributed by atoms with van der Waals surface area (Å²) < 4.78 is 37.2. The molecule has 0 unspecified atom stereocenters. The molecule has 0 heterocycles. The zero-order chi connectivity index (χ0) is 10.8. The van der Waals surface area contributed by atoms with Gasteiger partial charge in [-0.3, -0.25) is 4.79 Å². The summed E-state index contributed by atoms with van der Waals surface area (Å²) in [5, 5.41) is 0. The second kappa shape index (κ2) is 3.65. The van der Waals surface area contributed by atoms with Gasteiger partial charge >= 0.3 is 6.18 Å². The van der Waals surface area contributed by atoms with Gasteiger partial charge in [0.1, 0.15) is 6.29 Å². The lowest BCUT2D eigenvalue weighted by Crippen LogP contribution is -2.08. The number of alkyl halides is 3. The van der Waals surface area contributed by atoms with Crippen LogP contribution in [0, 0.1) is 0 Å². The highest BCUT2D eigenvalue weighted by Crippen LogP contribution is 2.33. The molecule has 0 saturated heterocycles. The van der Waals surface area contributed by atoms with Gasteiger partial charge in [0.25, 0.3) is 0 Å². The van der Waals surface area contributed by atoms with Gasteiger partial charge in [0.05, 0.1) is 5.56 Å². The first-order valence-corrected chi connectivity index (χ1v) is 3.77. The van der Waals surface area contributed by atoms with Crippen LogP contribution >= 0.6 is 0 Å². The molecule has 1 rings (SSSR count). The smallest absolute Gasteiger partial charge is 0.298 e. The van der Waals surface area contributed by atoms with Crippen molar-refractivity contribution >= 4 is 11.9 Å². The van der Waals surface area contributed by atoms with Crippen molar-refractivity contribution in [3.8, 4) is 0 Å². The van der Waals surface area contributed by atoms with Crippen LogP contribution in [-0.2, 0) is 11.0 Å². The monoisotopic (exact) mass is 200 g/mol. The van der Waals surface area contributed by atoms with Crippen molar-refractivity contribution in [1.29, 1.82) is 0 Å². The third-order valence-electron chi connectivity index (χ3n) is 1.72. The van der Waals surface area contributed by atoms with Crippen molar-refractivity contribution in [3.05, 3.63) is 42.0 Å². The third-order valence-corrected chi connectivity index (χ3v) is 1.72. The molecule has 0 radical (unpaired) electrons. The Labute approximate surface area is 78.9 Å². The Kier molecular flexibility index (Phi) is 2.74. The lowest BCUT2D eigenvalue weighted by atomic mass is 10.0. The minimum Gasteiger partial charge on any atom is -0.298 e. The summed E-state index contributed by atoms with van der Waals surface area (Å²) in [6.07, 6.45) is -4.15. The van der Waals surface area contributed by atoms with Crippen molar-refractivity contribution in [2.24, 2.45) is 0 Å². The van der Waals surface area contributed by atoms with Gasteiger partial charge in [-0.2, -0.15) is 13.2 Å². The molecular formula is C10H7F3O. The lowest BCUT2D eigenvalue weighted by molar-refractivity contribution is -0.137. The summed E-state index contributed by atoms with van der Waals surface area (Å²) in [6.45, 7) is 3.25. The molecule has 0 spiro atoms. The predicted molar refractivity (Wildman–Crippen MR) is 46.5 cm³/mol. The summed E-state index contributed by atoms with van der Waals surface area (Å²) in [5.74, 6) is 0. The molecule has 0 amide bonds. The first-order chi connectivity index (χ1) is 6.46. The van der Waals surface area contributed by atoms with Crippen LogP contribution in [-0.4, -0.2) is 6.29 Å². The Morgan fingerprint density at radius 2 is 1.86 bits per heavy atom. The fourth-order valence-electron chi connectivity index (χ4n) is 1.07. The summed E-state index contributed by atoms with van der Waals surface area (Å²) in [6, 6.07) is 4.84. The Morgan fingerprint density at radius 3 is 2.36 bits per heavy atom. The average molecular weight is 200 g/mol. The van der Waals surface area contributed by atoms with E-state index in [0.717, 1.165) is 6.07 Å². The molecule has 74 valence electrons. The van der Waals surface area contributed by atoms with Gasteiger partial charge < -0.3 is 0 Å². The molecule has 0 fully saturated rings. The number of aldehydes is 1. The number of carbonyl (C=O) groups excluding carboxylic acids is 1. The van der Waals surface area contributed by atoms with Crippen molar-refractivity contribution in [1.82, 2.24) is 0 Å². The normalized spacial score (nSPS) is 11.1. The van der Waals surface area contributed by atoms with Gasteiger partial charge in [0.2, 0.25) is 0 Å². The minimum absolute atomic E-state index is 0.169. The number of hydrogen-bond donors (Lipinski definition) is 0. The zero-order valence-electron chi connectivity index (χ0n) is 7.14. The average Bonchev–Trinajstić information content (AvgIpc) is 2.15. The molecule has 0 aliphatic carbocycles. The lowest BCUT2D eigenvalue weighted by Gasteiger charge is -2.11. The Balaban J connectivity index is 3.30. The first kappa shape index (κ1) is 10.5. The highest BCUT2D eigenvalue weighted by atomic mass is 19.4. The van der Waals surface area contributed by atoms with Crippen molar-refractivity contribution in [2.75, 3.05) is 0 Å². The highest BCUT2D eigenvalue weighted by molar-refractivity contribution is 6.06. The second-order valence-electron chi connectivity index (χ2n) is 2.69. The van der Waals surface area contributed by atoms with E-state index in [1.165, 1.54) is 18.2 Å². The van der Waals surface area contributed by atoms with Crippen LogP contribution in [0.5, 0.6) is 0 Å². The predicted octanol–water partition coefficient (Wildman–Crippen LogP) is 2.92. The number of allylic oxidation sites excluding steroid dienone is 1. The Morgan fingerprint density at radius 1 is 1.29 bits per heavy atom. The Bertz CT molecular complexity index is 366. The molecule has 14 heavy (non-hydrogen) atoms. The summed E-state index contributed by atoms with van der Waals surface area (Å²) in [5.41, 5.74) is -1.18. The van der Waals surface area contributed by atoms with Crippen molar-refractivity contribution < 1.29 is 18.0 Å². The van der Waals surface area contributed by atoms with E-state index in [9.17, 15) is 18.0 Å². The molecule has 0 aliphatic rings. The summed E-state index contributed by atoms with van der Waals surface area (Å²) >= 11 is 0. The molecular weight excluding hydrogens is 193 g/mol. The van der Waals surface area contributed by atoms with Crippen LogP contribution in [0.3, 0.4) is 0 Å². The maximum Gasteiger partial charge on any atom is 0.417 e. The van der Waals surface area contributed by atoms with E-state index in [4.69, 9.17) is 0 Å². The summed E-state index contributed by atoms with van der Waals surface area (Å²) in [7, 11) is 0. The Hall–Kier alpha value is -1.58. The number of carbonyl (C=O) groups is 1.